The summed E-state index contributed by atoms with van der Waals surface area (Å²) in [5.41, 5.74) is 3.30. The lowest BCUT2D eigenvalue weighted by Gasteiger charge is -2.05. The molecule has 24 heavy (non-hydrogen) atoms. The summed E-state index contributed by atoms with van der Waals surface area (Å²) >= 11 is 1.66. The van der Waals surface area contributed by atoms with Crippen LogP contribution in [0.4, 0.5) is 11.4 Å². The van der Waals surface area contributed by atoms with Crippen LogP contribution in [0, 0.1) is 6.92 Å². The van der Waals surface area contributed by atoms with Crippen molar-refractivity contribution in [3.8, 4) is 5.75 Å². The normalized spacial score (nSPS) is 11.0. The lowest BCUT2D eigenvalue weighted by molar-refractivity contribution is 0.476. The van der Waals surface area contributed by atoms with Gasteiger partial charge in [-0.3, -0.25) is 4.98 Å². The van der Waals surface area contributed by atoms with Gasteiger partial charge in [0, 0.05) is 16.8 Å². The van der Waals surface area contributed by atoms with Crippen LogP contribution >= 0.6 is 11.8 Å². The van der Waals surface area contributed by atoms with Gasteiger partial charge in [0.05, 0.1) is 11.4 Å². The Hall–Kier alpha value is -2.66. The average Bonchev–Trinajstić information content (AvgIpc) is 2.62. The van der Waals surface area contributed by atoms with Gasteiger partial charge in [-0.15, -0.1) is 22.0 Å². The van der Waals surface area contributed by atoms with Crippen molar-refractivity contribution >= 4 is 23.1 Å². The van der Waals surface area contributed by atoms with E-state index in [-0.39, 0.29) is 5.75 Å². The number of aryl methyl sites for hydroxylation is 1. The topological polar surface area (TPSA) is 57.8 Å². The average molecular weight is 335 g/mol. The number of azo groups is 1. The third-order valence-electron chi connectivity index (χ3n) is 3.36. The van der Waals surface area contributed by atoms with Crippen LogP contribution in [0.2, 0.25) is 0 Å². The van der Waals surface area contributed by atoms with Gasteiger partial charge in [0.25, 0.3) is 0 Å². The molecule has 1 heterocycles. The second-order valence-electron chi connectivity index (χ2n) is 5.27. The molecule has 0 spiro atoms. The van der Waals surface area contributed by atoms with Crippen LogP contribution in [-0.2, 0) is 5.75 Å². The van der Waals surface area contributed by atoms with Crippen molar-refractivity contribution in [1.29, 1.82) is 0 Å². The predicted octanol–water partition coefficient (Wildman–Crippen LogP) is 5.80. The molecule has 1 aromatic heterocycles. The highest BCUT2D eigenvalue weighted by molar-refractivity contribution is 7.98. The molecule has 4 nitrogen and oxygen atoms in total. The summed E-state index contributed by atoms with van der Waals surface area (Å²) in [5.74, 6) is 0.895. The summed E-state index contributed by atoms with van der Waals surface area (Å²) in [6.07, 6.45) is 1.79. The smallest absolute Gasteiger partial charge is 0.143 e. The molecule has 0 radical (unpaired) electrons. The molecular weight excluding hydrogens is 318 g/mol. The minimum absolute atomic E-state index is 0.128. The van der Waals surface area contributed by atoms with Crippen LogP contribution in [0.3, 0.4) is 0 Å². The molecule has 5 heteroatoms. The maximum atomic E-state index is 9.87. The molecule has 0 saturated heterocycles. The van der Waals surface area contributed by atoms with E-state index in [4.69, 9.17) is 0 Å². The second-order valence-corrected chi connectivity index (χ2v) is 6.29. The van der Waals surface area contributed by atoms with E-state index in [1.807, 2.05) is 61.5 Å². The number of phenols is 1. The summed E-state index contributed by atoms with van der Waals surface area (Å²) in [6, 6.07) is 19.0. The Morgan fingerprint density at radius 3 is 2.58 bits per heavy atom. The van der Waals surface area contributed by atoms with Crippen LogP contribution in [-0.4, -0.2) is 10.1 Å². The van der Waals surface area contributed by atoms with E-state index in [9.17, 15) is 5.11 Å². The number of pyridine rings is 1. The van der Waals surface area contributed by atoms with Crippen molar-refractivity contribution in [3.63, 3.8) is 0 Å². The minimum atomic E-state index is 0.128. The van der Waals surface area contributed by atoms with Crippen LogP contribution in [0.1, 0.15) is 11.3 Å². The van der Waals surface area contributed by atoms with E-state index in [0.29, 0.717) is 5.69 Å². The second kappa shape index (κ2) is 7.75. The Balaban J connectivity index is 1.79. The fourth-order valence-electron chi connectivity index (χ4n) is 2.12. The first-order chi connectivity index (χ1) is 11.7. The molecule has 3 rings (SSSR count). The highest BCUT2D eigenvalue weighted by Gasteiger charge is 2.04. The Kier molecular flexibility index (Phi) is 5.23. The van der Waals surface area contributed by atoms with Crippen molar-refractivity contribution in [1.82, 2.24) is 4.98 Å². The number of hydrogen-bond acceptors (Lipinski definition) is 5. The number of aromatic nitrogens is 1. The molecule has 0 bridgehead atoms. The lowest BCUT2D eigenvalue weighted by atomic mass is 10.2. The first-order valence-corrected chi connectivity index (χ1v) is 8.54. The number of nitrogens with zero attached hydrogens (tertiary/aromatic N) is 3. The summed E-state index contributed by atoms with van der Waals surface area (Å²) in [4.78, 5) is 5.36. The SMILES string of the molecule is Cc1ccc(O)c(N=Nc2ccccc2SCc2ccccn2)c1. The highest BCUT2D eigenvalue weighted by Crippen LogP contribution is 2.34. The van der Waals surface area contributed by atoms with E-state index in [2.05, 4.69) is 15.2 Å². The minimum Gasteiger partial charge on any atom is -0.506 e. The van der Waals surface area contributed by atoms with Crippen LogP contribution in [0.15, 0.2) is 82.0 Å². The molecule has 0 aliphatic heterocycles. The summed E-state index contributed by atoms with van der Waals surface area (Å²) in [6.45, 7) is 1.95. The molecule has 1 N–H and O–H groups in total. The molecule has 0 unspecified atom stereocenters. The third-order valence-corrected chi connectivity index (χ3v) is 4.46. The zero-order valence-corrected chi connectivity index (χ0v) is 14.1. The number of thioether (sulfide) groups is 1. The van der Waals surface area contributed by atoms with Gasteiger partial charge in [-0.05, 0) is 48.9 Å². The fraction of sp³-hybridized carbons (Fsp3) is 0.105. The summed E-state index contributed by atoms with van der Waals surface area (Å²) < 4.78 is 0. The number of aromatic hydroxyl groups is 1. The van der Waals surface area contributed by atoms with Gasteiger partial charge in [-0.25, -0.2) is 0 Å². The van der Waals surface area contributed by atoms with E-state index >= 15 is 0 Å². The van der Waals surface area contributed by atoms with Crippen LogP contribution in [0.25, 0.3) is 0 Å². The summed E-state index contributed by atoms with van der Waals surface area (Å²) in [7, 11) is 0. The molecule has 0 aliphatic carbocycles. The molecule has 120 valence electrons. The standard InChI is InChI=1S/C19H17N3OS/c1-14-9-10-18(23)17(12-14)22-21-16-7-2-3-8-19(16)24-13-15-6-4-5-11-20-15/h2-12,23H,13H2,1H3. The molecule has 2 aromatic carbocycles. The van der Waals surface area contributed by atoms with Gasteiger partial charge in [0.2, 0.25) is 0 Å². The molecule has 0 fully saturated rings. The van der Waals surface area contributed by atoms with Gasteiger partial charge in [0.15, 0.2) is 0 Å². The van der Waals surface area contributed by atoms with E-state index in [0.717, 1.165) is 27.6 Å². The van der Waals surface area contributed by atoms with Gasteiger partial charge >= 0.3 is 0 Å². The van der Waals surface area contributed by atoms with Gasteiger partial charge < -0.3 is 5.11 Å². The zero-order chi connectivity index (χ0) is 16.8. The molecule has 3 aromatic rings. The number of hydrogen-bond donors (Lipinski definition) is 1. The largest absolute Gasteiger partial charge is 0.506 e. The van der Waals surface area contributed by atoms with E-state index < -0.39 is 0 Å². The van der Waals surface area contributed by atoms with Gasteiger partial charge in [-0.2, -0.15) is 0 Å². The van der Waals surface area contributed by atoms with Crippen molar-refractivity contribution in [2.24, 2.45) is 10.2 Å². The van der Waals surface area contributed by atoms with Crippen molar-refractivity contribution in [2.75, 3.05) is 0 Å². The maximum Gasteiger partial charge on any atom is 0.143 e. The van der Waals surface area contributed by atoms with Crippen molar-refractivity contribution < 1.29 is 5.11 Å². The third kappa shape index (κ3) is 4.20. The monoisotopic (exact) mass is 335 g/mol. The highest BCUT2D eigenvalue weighted by atomic mass is 32.2. The fourth-order valence-corrected chi connectivity index (χ4v) is 3.02. The quantitative estimate of drug-likeness (QED) is 0.473. The first kappa shape index (κ1) is 16.2. The molecular formula is C19H17N3OS. The number of benzene rings is 2. The lowest BCUT2D eigenvalue weighted by Crippen LogP contribution is -1.84. The van der Waals surface area contributed by atoms with Gasteiger partial charge in [-0.1, -0.05) is 24.3 Å². The van der Waals surface area contributed by atoms with Crippen LogP contribution < -0.4 is 0 Å². The van der Waals surface area contributed by atoms with Crippen molar-refractivity contribution in [2.45, 2.75) is 17.6 Å². The zero-order valence-electron chi connectivity index (χ0n) is 13.3. The first-order valence-electron chi connectivity index (χ1n) is 7.55. The molecule has 0 amide bonds. The number of rotatable bonds is 5. The van der Waals surface area contributed by atoms with E-state index in [1.165, 1.54) is 0 Å². The Bertz CT molecular complexity index is 850. The molecule has 0 aliphatic rings. The Morgan fingerprint density at radius 1 is 0.958 bits per heavy atom. The maximum absolute atomic E-state index is 9.87. The Labute approximate surface area is 145 Å². The molecule has 0 saturated carbocycles. The number of phenolic OH excluding ortho intramolecular Hbond substituents is 1. The Morgan fingerprint density at radius 2 is 1.75 bits per heavy atom. The van der Waals surface area contributed by atoms with Gasteiger partial charge in [0.1, 0.15) is 11.4 Å². The van der Waals surface area contributed by atoms with Crippen molar-refractivity contribution in [3.05, 3.63) is 78.1 Å². The molecule has 0 atom stereocenters. The van der Waals surface area contributed by atoms with E-state index in [1.54, 1.807) is 24.0 Å². The predicted molar refractivity (Wildman–Crippen MR) is 97.3 cm³/mol. The van der Waals surface area contributed by atoms with Crippen LogP contribution in [0.5, 0.6) is 5.75 Å². The summed E-state index contributed by atoms with van der Waals surface area (Å²) in [5, 5.41) is 18.4.